The highest BCUT2D eigenvalue weighted by atomic mass is 35.5. The Morgan fingerprint density at radius 3 is 2.58 bits per heavy atom. The molecule has 8 heteroatoms. The first-order valence-electron chi connectivity index (χ1n) is 13.6. The van der Waals surface area contributed by atoms with Crippen LogP contribution >= 0.6 is 11.6 Å². The van der Waals surface area contributed by atoms with Crippen molar-refractivity contribution in [2.45, 2.75) is 31.2 Å². The van der Waals surface area contributed by atoms with Crippen LogP contribution in [0.15, 0.2) is 48.7 Å². The van der Waals surface area contributed by atoms with Crippen molar-refractivity contribution in [1.29, 1.82) is 0 Å². The van der Waals surface area contributed by atoms with Crippen LogP contribution in [0.2, 0.25) is 5.02 Å². The lowest BCUT2D eigenvalue weighted by Crippen LogP contribution is -2.44. The van der Waals surface area contributed by atoms with E-state index in [-0.39, 0.29) is 16.7 Å². The van der Waals surface area contributed by atoms with E-state index in [9.17, 15) is 0 Å². The molecule has 0 amide bonds. The van der Waals surface area contributed by atoms with Crippen molar-refractivity contribution in [1.82, 2.24) is 20.2 Å². The van der Waals surface area contributed by atoms with E-state index in [2.05, 4.69) is 20.1 Å². The molecule has 0 aliphatic carbocycles. The van der Waals surface area contributed by atoms with Crippen LogP contribution in [-0.2, 0) is 0 Å². The van der Waals surface area contributed by atoms with E-state index < -0.39 is 5.82 Å². The molecule has 7 rings (SSSR count). The second kappa shape index (κ2) is 9.63. The number of anilines is 1. The van der Waals surface area contributed by atoms with Crippen LogP contribution in [0.3, 0.4) is 0 Å². The van der Waals surface area contributed by atoms with Gasteiger partial charge in [-0.05, 0) is 50.2 Å². The van der Waals surface area contributed by atoms with Gasteiger partial charge in [0, 0.05) is 54.4 Å². The summed E-state index contributed by atoms with van der Waals surface area (Å²) in [5.41, 5.74) is 1.30. The average molecular weight is 532 g/mol. The molecule has 2 aromatic heterocycles. The third-order valence-electron chi connectivity index (χ3n) is 8.60. The molecule has 5 heterocycles. The maximum atomic E-state index is 16.4. The van der Waals surface area contributed by atoms with E-state index in [1.165, 1.54) is 12.8 Å². The molecule has 3 saturated heterocycles. The summed E-state index contributed by atoms with van der Waals surface area (Å²) in [5, 5.41) is 6.30. The Hall–Kier alpha value is -3.00. The molecule has 6 nitrogen and oxygen atoms in total. The average Bonchev–Trinajstić information content (AvgIpc) is 3.53. The summed E-state index contributed by atoms with van der Waals surface area (Å²) in [6.45, 7) is 6.25. The van der Waals surface area contributed by atoms with Gasteiger partial charge in [-0.3, -0.25) is 9.88 Å². The quantitative estimate of drug-likeness (QED) is 0.359. The molecule has 2 aromatic carbocycles. The van der Waals surface area contributed by atoms with E-state index in [1.807, 2.05) is 42.5 Å². The fourth-order valence-corrected chi connectivity index (χ4v) is 6.92. The monoisotopic (exact) mass is 531 g/mol. The van der Waals surface area contributed by atoms with Crippen LogP contribution in [0, 0.1) is 5.82 Å². The summed E-state index contributed by atoms with van der Waals surface area (Å²) in [6, 6.07) is 13.4. The minimum atomic E-state index is -0.446. The highest BCUT2D eigenvalue weighted by Crippen LogP contribution is 2.41. The summed E-state index contributed by atoms with van der Waals surface area (Å²) < 4.78 is 23.0. The standard InChI is InChI=1S/C30H31ClFN5O/c31-23-8-2-6-20-5-1-7-21(26(20)23)28-27(32)29-22(18-34-28)24(17-25(35-29)36-15-11-33-12-16-36)38-19-30-9-3-13-37(30)14-4-10-30/h1-2,5-8,17-18,33H,3-4,9-16,19H2. The number of nitrogens with zero attached hydrogens (tertiary/aromatic N) is 4. The number of piperazine rings is 1. The van der Waals surface area contributed by atoms with Gasteiger partial charge in [-0.1, -0.05) is 41.9 Å². The fourth-order valence-electron chi connectivity index (χ4n) is 6.64. The molecule has 0 saturated carbocycles. The van der Waals surface area contributed by atoms with Crippen molar-refractivity contribution >= 4 is 39.1 Å². The van der Waals surface area contributed by atoms with Gasteiger partial charge in [0.05, 0.1) is 10.9 Å². The molecule has 1 N–H and O–H groups in total. The zero-order chi connectivity index (χ0) is 25.7. The normalized spacial score (nSPS) is 19.4. The molecule has 0 radical (unpaired) electrons. The topological polar surface area (TPSA) is 53.5 Å². The molecule has 0 spiro atoms. The highest BCUT2D eigenvalue weighted by Gasteiger charge is 2.45. The first kappa shape index (κ1) is 24.1. The number of rotatable bonds is 5. The van der Waals surface area contributed by atoms with Gasteiger partial charge in [0.15, 0.2) is 5.82 Å². The first-order chi connectivity index (χ1) is 18.6. The van der Waals surface area contributed by atoms with Gasteiger partial charge in [-0.25, -0.2) is 9.37 Å². The SMILES string of the molecule is Fc1c(-c2cccc3cccc(Cl)c23)ncc2c(OCC34CCCN3CCC4)cc(N3CCNCC3)nc12. The number of nitrogens with one attached hydrogen (secondary N) is 1. The van der Waals surface area contributed by atoms with E-state index in [1.54, 1.807) is 6.20 Å². The second-order valence-electron chi connectivity index (χ2n) is 10.7. The lowest BCUT2D eigenvalue weighted by Gasteiger charge is -2.32. The zero-order valence-corrected chi connectivity index (χ0v) is 22.1. The third-order valence-corrected chi connectivity index (χ3v) is 8.92. The molecule has 3 fully saturated rings. The van der Waals surface area contributed by atoms with Crippen molar-refractivity contribution in [2.24, 2.45) is 0 Å². The summed E-state index contributed by atoms with van der Waals surface area (Å²) in [6.07, 6.45) is 6.43. The second-order valence-corrected chi connectivity index (χ2v) is 11.2. The van der Waals surface area contributed by atoms with Gasteiger partial charge < -0.3 is 15.0 Å². The smallest absolute Gasteiger partial charge is 0.175 e. The molecule has 38 heavy (non-hydrogen) atoms. The number of aromatic nitrogens is 2. The Labute approximate surface area is 226 Å². The number of fused-ring (bicyclic) bond motifs is 3. The van der Waals surface area contributed by atoms with Crippen molar-refractivity contribution in [3.8, 4) is 17.0 Å². The maximum Gasteiger partial charge on any atom is 0.175 e. The van der Waals surface area contributed by atoms with Crippen LogP contribution in [0.1, 0.15) is 25.7 Å². The van der Waals surface area contributed by atoms with E-state index in [4.69, 9.17) is 21.3 Å². The largest absolute Gasteiger partial charge is 0.491 e. The molecule has 4 aromatic rings. The van der Waals surface area contributed by atoms with Crippen molar-refractivity contribution < 1.29 is 9.13 Å². The van der Waals surface area contributed by atoms with Gasteiger partial charge in [0.2, 0.25) is 0 Å². The lowest BCUT2D eigenvalue weighted by molar-refractivity contribution is 0.114. The number of ether oxygens (including phenoxy) is 1. The molecule has 0 bridgehead atoms. The van der Waals surface area contributed by atoms with Gasteiger partial charge in [-0.2, -0.15) is 0 Å². The van der Waals surface area contributed by atoms with Crippen LogP contribution in [0.5, 0.6) is 5.75 Å². The van der Waals surface area contributed by atoms with Crippen molar-refractivity contribution in [3.63, 3.8) is 0 Å². The molecule has 3 aliphatic rings. The minimum absolute atomic E-state index is 0.0937. The fraction of sp³-hybridized carbons (Fsp3) is 0.400. The zero-order valence-electron chi connectivity index (χ0n) is 21.4. The number of pyridine rings is 2. The maximum absolute atomic E-state index is 16.4. The Balaban J connectivity index is 1.35. The summed E-state index contributed by atoms with van der Waals surface area (Å²) in [5.74, 6) is 0.956. The van der Waals surface area contributed by atoms with Crippen LogP contribution in [0.25, 0.3) is 32.9 Å². The summed E-state index contributed by atoms with van der Waals surface area (Å²) >= 11 is 6.58. The van der Waals surface area contributed by atoms with E-state index in [0.717, 1.165) is 68.7 Å². The lowest BCUT2D eigenvalue weighted by atomic mass is 9.95. The third kappa shape index (κ3) is 3.99. The van der Waals surface area contributed by atoms with Gasteiger partial charge in [0.1, 0.15) is 29.4 Å². The number of hydrogen-bond acceptors (Lipinski definition) is 6. The van der Waals surface area contributed by atoms with E-state index >= 15 is 4.39 Å². The van der Waals surface area contributed by atoms with Gasteiger partial charge >= 0.3 is 0 Å². The molecular weight excluding hydrogens is 501 g/mol. The Morgan fingerprint density at radius 1 is 1.03 bits per heavy atom. The molecule has 3 aliphatic heterocycles. The molecule has 0 atom stereocenters. The minimum Gasteiger partial charge on any atom is -0.491 e. The molecular formula is C30H31ClFN5O. The molecule has 0 unspecified atom stereocenters. The number of benzene rings is 2. The summed E-state index contributed by atoms with van der Waals surface area (Å²) in [4.78, 5) is 14.3. The van der Waals surface area contributed by atoms with Crippen LogP contribution in [-0.4, -0.2) is 66.3 Å². The summed E-state index contributed by atoms with van der Waals surface area (Å²) in [7, 11) is 0. The van der Waals surface area contributed by atoms with Gasteiger partial charge in [-0.15, -0.1) is 0 Å². The Morgan fingerprint density at radius 2 is 1.79 bits per heavy atom. The van der Waals surface area contributed by atoms with Crippen LogP contribution < -0.4 is 15.0 Å². The predicted molar refractivity (Wildman–Crippen MR) is 151 cm³/mol. The van der Waals surface area contributed by atoms with Crippen molar-refractivity contribution in [2.75, 3.05) is 50.8 Å². The number of halogens is 2. The van der Waals surface area contributed by atoms with Gasteiger partial charge in [0.25, 0.3) is 0 Å². The van der Waals surface area contributed by atoms with E-state index in [0.29, 0.717) is 28.3 Å². The predicted octanol–water partition coefficient (Wildman–Crippen LogP) is 5.66. The highest BCUT2D eigenvalue weighted by molar-refractivity contribution is 6.36. The Kier molecular flexibility index (Phi) is 6.10. The molecule has 196 valence electrons. The number of hydrogen-bond donors (Lipinski definition) is 1. The van der Waals surface area contributed by atoms with Crippen LogP contribution in [0.4, 0.5) is 10.2 Å². The van der Waals surface area contributed by atoms with Crippen molar-refractivity contribution in [3.05, 3.63) is 59.5 Å². The first-order valence-corrected chi connectivity index (χ1v) is 14.0. The Bertz CT molecular complexity index is 1510.